The van der Waals surface area contributed by atoms with Crippen molar-refractivity contribution in [1.82, 2.24) is 5.48 Å². The molecule has 1 atom stereocenters. The zero-order valence-corrected chi connectivity index (χ0v) is 12.4. The van der Waals surface area contributed by atoms with E-state index in [1.807, 2.05) is 5.48 Å². The minimum absolute atomic E-state index is 0.0275. The zero-order chi connectivity index (χ0) is 17.4. The van der Waals surface area contributed by atoms with Crippen molar-refractivity contribution in [3.8, 4) is 0 Å². The highest BCUT2D eigenvalue weighted by Gasteiger charge is 2.20. The fraction of sp³-hybridized carbons (Fsp3) is 0.333. The molecule has 0 spiro atoms. The third kappa shape index (κ3) is 6.60. The predicted molar refractivity (Wildman–Crippen MR) is 77.4 cm³/mol. The molecule has 0 aliphatic carbocycles. The number of aliphatic carboxylic acids is 1. The second-order valence-electron chi connectivity index (χ2n) is 4.90. The molecule has 0 fully saturated rings. The number of nitrogens with one attached hydrogen (secondary N) is 1. The summed E-state index contributed by atoms with van der Waals surface area (Å²) in [6, 6.07) is 5.97. The van der Waals surface area contributed by atoms with Crippen LogP contribution in [0.25, 0.3) is 0 Å². The van der Waals surface area contributed by atoms with Gasteiger partial charge in [0.2, 0.25) is 0 Å². The lowest BCUT2D eigenvalue weighted by Gasteiger charge is -2.12. The normalized spacial score (nSPS) is 11.3. The molecule has 1 amide bonds. The lowest BCUT2D eigenvalue weighted by atomic mass is 9.94. The fourth-order valence-electron chi connectivity index (χ4n) is 1.91. The van der Waals surface area contributed by atoms with Crippen LogP contribution >= 0.6 is 0 Å². The number of carbonyl (C=O) groups is 4. The number of rotatable bonds is 7. The quantitative estimate of drug-likeness (QED) is 0.638. The van der Waals surface area contributed by atoms with Crippen molar-refractivity contribution in [1.29, 1.82) is 0 Å². The molecule has 0 aromatic heterocycles. The summed E-state index contributed by atoms with van der Waals surface area (Å²) >= 11 is 0. The van der Waals surface area contributed by atoms with Crippen LogP contribution in [0.2, 0.25) is 0 Å². The first-order valence-electron chi connectivity index (χ1n) is 6.81. The van der Waals surface area contributed by atoms with Crippen molar-refractivity contribution < 1.29 is 34.2 Å². The van der Waals surface area contributed by atoms with Crippen LogP contribution in [0.3, 0.4) is 0 Å². The molecule has 1 rings (SSSR count). The van der Waals surface area contributed by atoms with Gasteiger partial charge in [0.15, 0.2) is 0 Å². The number of benzene rings is 1. The van der Waals surface area contributed by atoms with E-state index in [2.05, 4.69) is 4.84 Å². The summed E-state index contributed by atoms with van der Waals surface area (Å²) in [5.74, 6) is -4.34. The Morgan fingerprint density at radius 1 is 1.22 bits per heavy atom. The number of hydrogen-bond acceptors (Lipinski definition) is 5. The van der Waals surface area contributed by atoms with Crippen molar-refractivity contribution in [2.75, 3.05) is 0 Å². The molecule has 3 N–H and O–H groups in total. The lowest BCUT2D eigenvalue weighted by Crippen LogP contribution is -2.27. The minimum atomic E-state index is -1.10. The number of hydrogen-bond donors (Lipinski definition) is 3. The van der Waals surface area contributed by atoms with Gasteiger partial charge in [0, 0.05) is 13.3 Å². The Hall–Kier alpha value is -2.90. The SMILES string of the molecule is CC(=O)ONC(=O)CCC(Cc1cccc(C(=O)O)c1)C(=O)O. The summed E-state index contributed by atoms with van der Waals surface area (Å²) in [5.41, 5.74) is 2.53. The Kier molecular flexibility index (Phi) is 6.72. The smallest absolute Gasteiger partial charge is 0.335 e. The van der Waals surface area contributed by atoms with Crippen LogP contribution in [-0.4, -0.2) is 34.0 Å². The van der Waals surface area contributed by atoms with Gasteiger partial charge in [0.1, 0.15) is 0 Å². The molecule has 0 saturated carbocycles. The Balaban J connectivity index is 2.63. The summed E-state index contributed by atoms with van der Waals surface area (Å²) in [6.07, 6.45) is -0.0140. The Labute approximate surface area is 132 Å². The maximum absolute atomic E-state index is 11.4. The van der Waals surface area contributed by atoms with E-state index in [-0.39, 0.29) is 24.8 Å². The van der Waals surface area contributed by atoms with E-state index < -0.39 is 29.7 Å². The van der Waals surface area contributed by atoms with Crippen molar-refractivity contribution in [2.45, 2.75) is 26.2 Å². The Bertz CT molecular complexity index is 612. The van der Waals surface area contributed by atoms with Gasteiger partial charge in [0.25, 0.3) is 5.91 Å². The highest BCUT2D eigenvalue weighted by atomic mass is 16.7. The van der Waals surface area contributed by atoms with Gasteiger partial charge in [-0.1, -0.05) is 12.1 Å². The van der Waals surface area contributed by atoms with E-state index in [4.69, 9.17) is 5.11 Å². The first-order valence-corrected chi connectivity index (χ1v) is 6.81. The third-order valence-corrected chi connectivity index (χ3v) is 3.03. The van der Waals surface area contributed by atoms with Gasteiger partial charge in [0.05, 0.1) is 11.5 Å². The van der Waals surface area contributed by atoms with Gasteiger partial charge in [-0.2, -0.15) is 5.48 Å². The lowest BCUT2D eigenvalue weighted by molar-refractivity contribution is -0.156. The van der Waals surface area contributed by atoms with Crippen molar-refractivity contribution >= 4 is 23.8 Å². The molecule has 8 nitrogen and oxygen atoms in total. The Morgan fingerprint density at radius 2 is 1.91 bits per heavy atom. The predicted octanol–water partition coefficient (Wildman–Crippen LogP) is 1.00. The van der Waals surface area contributed by atoms with E-state index in [0.29, 0.717) is 5.56 Å². The molecule has 1 unspecified atom stereocenters. The minimum Gasteiger partial charge on any atom is -0.481 e. The second-order valence-corrected chi connectivity index (χ2v) is 4.90. The number of carboxylic acids is 2. The number of carbonyl (C=O) groups excluding carboxylic acids is 2. The number of hydroxylamine groups is 1. The van der Waals surface area contributed by atoms with E-state index in [1.54, 1.807) is 6.07 Å². The maximum atomic E-state index is 11.4. The zero-order valence-electron chi connectivity index (χ0n) is 12.4. The molecule has 0 radical (unpaired) electrons. The first-order chi connectivity index (χ1) is 10.8. The van der Waals surface area contributed by atoms with Crippen LogP contribution in [-0.2, 0) is 25.6 Å². The first kappa shape index (κ1) is 18.1. The molecule has 1 aromatic rings. The summed E-state index contributed by atoms with van der Waals surface area (Å²) in [7, 11) is 0. The Morgan fingerprint density at radius 3 is 2.48 bits per heavy atom. The molecular formula is C15H17NO7. The molecule has 0 aliphatic heterocycles. The van der Waals surface area contributed by atoms with Crippen LogP contribution in [0, 0.1) is 5.92 Å². The monoisotopic (exact) mass is 323 g/mol. The van der Waals surface area contributed by atoms with Crippen molar-refractivity contribution in [3.63, 3.8) is 0 Å². The molecule has 23 heavy (non-hydrogen) atoms. The average Bonchev–Trinajstić information content (AvgIpc) is 2.49. The maximum Gasteiger partial charge on any atom is 0.335 e. The van der Waals surface area contributed by atoms with Crippen LogP contribution in [0.1, 0.15) is 35.7 Å². The molecule has 0 bridgehead atoms. The summed E-state index contributed by atoms with van der Waals surface area (Å²) in [5, 5.41) is 18.1. The average molecular weight is 323 g/mol. The van der Waals surface area contributed by atoms with Gasteiger partial charge in [-0.05, 0) is 30.5 Å². The third-order valence-electron chi connectivity index (χ3n) is 3.03. The number of aromatic carboxylic acids is 1. The topological polar surface area (TPSA) is 130 Å². The van der Waals surface area contributed by atoms with E-state index in [1.165, 1.54) is 18.2 Å². The van der Waals surface area contributed by atoms with E-state index in [0.717, 1.165) is 6.92 Å². The van der Waals surface area contributed by atoms with Gasteiger partial charge < -0.3 is 15.1 Å². The number of carboxylic acid groups (broad SMARTS) is 2. The molecule has 1 aromatic carbocycles. The highest BCUT2D eigenvalue weighted by molar-refractivity contribution is 5.87. The summed E-state index contributed by atoms with van der Waals surface area (Å²) in [4.78, 5) is 48.4. The van der Waals surface area contributed by atoms with Gasteiger partial charge in [-0.15, -0.1) is 0 Å². The van der Waals surface area contributed by atoms with E-state index >= 15 is 0 Å². The molecule has 0 saturated heterocycles. The summed E-state index contributed by atoms with van der Waals surface area (Å²) < 4.78 is 0. The van der Waals surface area contributed by atoms with Crippen molar-refractivity contribution in [2.24, 2.45) is 5.92 Å². The standard InChI is InChI=1S/C15H17NO7/c1-9(17)23-16-13(18)6-5-12(15(21)22)8-10-3-2-4-11(7-10)14(19)20/h2-4,7,12H,5-6,8H2,1H3,(H,16,18)(H,19,20)(H,21,22). The number of amides is 1. The van der Waals surface area contributed by atoms with Crippen molar-refractivity contribution in [3.05, 3.63) is 35.4 Å². The molecular weight excluding hydrogens is 306 g/mol. The van der Waals surface area contributed by atoms with Gasteiger partial charge in [-0.25, -0.2) is 4.79 Å². The van der Waals surface area contributed by atoms with Gasteiger partial charge in [-0.3, -0.25) is 14.4 Å². The molecule has 0 heterocycles. The van der Waals surface area contributed by atoms with Gasteiger partial charge >= 0.3 is 17.9 Å². The van der Waals surface area contributed by atoms with Crippen LogP contribution < -0.4 is 5.48 Å². The summed E-state index contributed by atoms with van der Waals surface area (Å²) in [6.45, 7) is 1.12. The van der Waals surface area contributed by atoms with Crippen LogP contribution in [0.4, 0.5) is 0 Å². The largest absolute Gasteiger partial charge is 0.481 e. The fourth-order valence-corrected chi connectivity index (χ4v) is 1.91. The molecule has 0 aliphatic rings. The van der Waals surface area contributed by atoms with E-state index in [9.17, 15) is 24.3 Å². The van der Waals surface area contributed by atoms with Crippen LogP contribution in [0.5, 0.6) is 0 Å². The van der Waals surface area contributed by atoms with Crippen LogP contribution in [0.15, 0.2) is 24.3 Å². The highest BCUT2D eigenvalue weighted by Crippen LogP contribution is 2.16. The second kappa shape index (κ2) is 8.52. The molecule has 8 heteroatoms. The molecule has 124 valence electrons.